The molecule has 28 heavy (non-hydrogen) atoms. The molecular formula is C15H11Cl2F3N5O3+. The van der Waals surface area contributed by atoms with Crippen LogP contribution < -0.4 is 14.9 Å². The number of ether oxygens (including phenoxy) is 1. The lowest BCUT2D eigenvalue weighted by Gasteiger charge is -2.26. The Morgan fingerprint density at radius 2 is 2.04 bits per heavy atom. The van der Waals surface area contributed by atoms with Gasteiger partial charge in [-0.15, -0.1) is 4.68 Å². The van der Waals surface area contributed by atoms with Crippen molar-refractivity contribution in [1.29, 1.82) is 0 Å². The van der Waals surface area contributed by atoms with Gasteiger partial charge in [0.15, 0.2) is 17.7 Å². The number of carbonyl (C=O) groups excluding carboxylic acids is 1. The Balaban J connectivity index is 2.40. The molecule has 1 aliphatic rings. The van der Waals surface area contributed by atoms with E-state index in [0.717, 1.165) is 17.9 Å². The first kappa shape index (κ1) is 20.1. The average Bonchev–Trinajstić information content (AvgIpc) is 3.19. The third-order valence-electron chi connectivity index (χ3n) is 3.91. The molecule has 0 radical (unpaired) electrons. The minimum Gasteiger partial charge on any atom is -0.416 e. The number of nitrogens with zero attached hydrogens (tertiary/aromatic N) is 5. The lowest BCUT2D eigenvalue weighted by Crippen LogP contribution is -2.59. The van der Waals surface area contributed by atoms with E-state index >= 15 is 0 Å². The average molecular weight is 437 g/mol. The van der Waals surface area contributed by atoms with Gasteiger partial charge in [-0.25, -0.2) is 18.9 Å². The van der Waals surface area contributed by atoms with Gasteiger partial charge in [0.1, 0.15) is 15.7 Å². The van der Waals surface area contributed by atoms with Gasteiger partial charge in [-0.1, -0.05) is 27.8 Å². The third kappa shape index (κ3) is 3.01. The second kappa shape index (κ2) is 7.08. The zero-order valence-electron chi connectivity index (χ0n) is 14.2. The van der Waals surface area contributed by atoms with Gasteiger partial charge in [-0.05, 0) is 0 Å². The van der Waals surface area contributed by atoms with E-state index in [-0.39, 0.29) is 0 Å². The minimum atomic E-state index is -3.22. The number of amides is 1. The molecule has 1 unspecified atom stereocenters. The fourth-order valence-electron chi connectivity index (χ4n) is 2.68. The number of rotatable bonds is 4. The molecule has 1 aliphatic heterocycles. The van der Waals surface area contributed by atoms with Crippen LogP contribution in [0.3, 0.4) is 0 Å². The predicted molar refractivity (Wildman–Crippen MR) is 95.4 cm³/mol. The Morgan fingerprint density at radius 3 is 2.57 bits per heavy atom. The highest BCUT2D eigenvalue weighted by atomic mass is 35.5. The zero-order chi connectivity index (χ0) is 20.8. The quantitative estimate of drug-likeness (QED) is 0.690. The lowest BCUT2D eigenvalue weighted by atomic mass is 10.2. The Morgan fingerprint density at radius 1 is 1.36 bits per heavy atom. The fourth-order valence-corrected chi connectivity index (χ4v) is 3.15. The van der Waals surface area contributed by atoms with E-state index in [1.807, 2.05) is 0 Å². The Bertz CT molecular complexity index is 1080. The van der Waals surface area contributed by atoms with Crippen molar-refractivity contribution >= 4 is 35.4 Å². The highest BCUT2D eigenvalue weighted by molar-refractivity contribution is 6.34. The molecule has 2 aromatic rings. The van der Waals surface area contributed by atoms with E-state index < -0.39 is 55.8 Å². The van der Waals surface area contributed by atoms with Gasteiger partial charge in [-0.3, -0.25) is 4.79 Å². The van der Waals surface area contributed by atoms with Crippen LogP contribution in [-0.2, 0) is 11.8 Å². The lowest BCUT2D eigenvalue weighted by molar-refractivity contribution is -0.126. The predicted octanol–water partition coefficient (Wildman–Crippen LogP) is 2.79. The van der Waals surface area contributed by atoms with Crippen LogP contribution in [-0.4, -0.2) is 33.3 Å². The van der Waals surface area contributed by atoms with Crippen molar-refractivity contribution in [2.75, 3.05) is 0 Å². The molecule has 13 heteroatoms. The first-order valence-electron chi connectivity index (χ1n) is 7.51. The largest absolute Gasteiger partial charge is 0.416 e. The Kier molecular flexibility index (Phi) is 5.08. The van der Waals surface area contributed by atoms with Crippen molar-refractivity contribution in [2.24, 2.45) is 12.0 Å². The highest BCUT2D eigenvalue weighted by Crippen LogP contribution is 2.37. The first-order chi connectivity index (χ1) is 13.1. The molecule has 0 fully saturated rings. The smallest absolute Gasteiger partial charge is 0.388 e. The van der Waals surface area contributed by atoms with Crippen molar-refractivity contribution in [3.05, 3.63) is 44.7 Å². The standard InChI is InChI=1S/C15H11Cl2F3N5O3/c1-7(26)25(4-3-21-6-25)24-12(9(18)5-8(16)13(24)27)11-10(17)14(23(2)22-11)28-15(19)20/h3-6,15H,1-2H3/q+1. The fraction of sp³-hybridized carbons (Fsp3) is 0.200. The second-order valence-electron chi connectivity index (χ2n) is 5.60. The summed E-state index contributed by atoms with van der Waals surface area (Å²) in [6, 6.07) is 0.710. The molecule has 0 spiro atoms. The topological polar surface area (TPSA) is 78.5 Å². The normalized spacial score (nSPS) is 18.3. The van der Waals surface area contributed by atoms with Gasteiger partial charge in [0, 0.05) is 13.1 Å². The molecule has 0 N–H and O–H groups in total. The van der Waals surface area contributed by atoms with E-state index in [1.165, 1.54) is 19.4 Å². The van der Waals surface area contributed by atoms with Crippen molar-refractivity contribution in [2.45, 2.75) is 13.5 Å². The van der Waals surface area contributed by atoms with E-state index in [0.29, 0.717) is 10.7 Å². The van der Waals surface area contributed by atoms with Crippen LogP contribution in [0, 0.1) is 5.82 Å². The summed E-state index contributed by atoms with van der Waals surface area (Å²) in [4.78, 5) is 28.9. The summed E-state index contributed by atoms with van der Waals surface area (Å²) in [6.07, 6.45) is 3.49. The molecule has 3 heterocycles. The first-order valence-corrected chi connectivity index (χ1v) is 8.27. The van der Waals surface area contributed by atoms with Crippen LogP contribution in [0.25, 0.3) is 11.4 Å². The van der Waals surface area contributed by atoms with Crippen molar-refractivity contribution in [1.82, 2.24) is 19.0 Å². The monoisotopic (exact) mass is 436 g/mol. The molecule has 0 aliphatic carbocycles. The number of aryl methyl sites for hydroxylation is 1. The summed E-state index contributed by atoms with van der Waals surface area (Å²) in [6.45, 7) is -2.08. The van der Waals surface area contributed by atoms with Gasteiger partial charge in [0.25, 0.3) is 0 Å². The van der Waals surface area contributed by atoms with E-state index in [4.69, 9.17) is 23.2 Å². The molecule has 0 aromatic carbocycles. The third-order valence-corrected chi connectivity index (χ3v) is 4.52. The van der Waals surface area contributed by atoms with Gasteiger partial charge < -0.3 is 4.74 Å². The van der Waals surface area contributed by atoms with Gasteiger partial charge in [0.2, 0.25) is 12.2 Å². The van der Waals surface area contributed by atoms with Crippen LogP contribution in [0.15, 0.2) is 28.3 Å². The summed E-state index contributed by atoms with van der Waals surface area (Å²) in [7, 11) is 1.23. The maximum Gasteiger partial charge on any atom is 0.388 e. The molecule has 148 valence electrons. The second-order valence-corrected chi connectivity index (χ2v) is 6.38. The molecule has 8 nitrogen and oxygen atoms in total. The van der Waals surface area contributed by atoms with Crippen molar-refractivity contribution in [3.8, 4) is 17.3 Å². The van der Waals surface area contributed by atoms with Gasteiger partial charge in [-0.2, -0.15) is 13.9 Å². The summed E-state index contributed by atoms with van der Waals surface area (Å²) in [5, 5.41) is 2.87. The summed E-state index contributed by atoms with van der Waals surface area (Å²) < 4.78 is 45.0. The van der Waals surface area contributed by atoms with Crippen LogP contribution in [0.4, 0.5) is 13.2 Å². The Hall–Kier alpha value is -2.63. The minimum absolute atomic E-state index is 0.404. The molecule has 2 aromatic heterocycles. The number of hydrogen-bond acceptors (Lipinski definition) is 5. The molecule has 1 amide bonds. The molecule has 0 bridgehead atoms. The number of alkyl halides is 2. The zero-order valence-corrected chi connectivity index (χ0v) is 15.7. The number of carbonyl (C=O) groups is 1. The number of pyridine rings is 1. The number of aliphatic imine (C=N–C) groups is 1. The number of halogens is 5. The van der Waals surface area contributed by atoms with Gasteiger partial charge >= 0.3 is 18.1 Å². The molecule has 0 saturated heterocycles. The van der Waals surface area contributed by atoms with Crippen molar-refractivity contribution < 1.29 is 22.7 Å². The maximum atomic E-state index is 14.9. The highest BCUT2D eigenvalue weighted by Gasteiger charge is 2.42. The van der Waals surface area contributed by atoms with E-state index in [1.54, 1.807) is 0 Å². The number of quaternary nitrogens is 1. The number of aromatic nitrogens is 3. The van der Waals surface area contributed by atoms with E-state index in [2.05, 4.69) is 14.8 Å². The van der Waals surface area contributed by atoms with Crippen molar-refractivity contribution in [3.63, 3.8) is 0 Å². The van der Waals surface area contributed by atoms with E-state index in [9.17, 15) is 22.8 Å². The number of hydrogen-bond donors (Lipinski definition) is 0. The molecule has 1 atom stereocenters. The summed E-state index contributed by atoms with van der Waals surface area (Å²) in [5.41, 5.74) is -1.92. The van der Waals surface area contributed by atoms with Crippen LogP contribution in [0.1, 0.15) is 6.92 Å². The van der Waals surface area contributed by atoms with Crippen LogP contribution >= 0.6 is 23.2 Å². The molecule has 3 rings (SSSR count). The van der Waals surface area contributed by atoms with Crippen LogP contribution in [0.2, 0.25) is 10.0 Å². The molecule has 0 saturated carbocycles. The van der Waals surface area contributed by atoms with Gasteiger partial charge in [0.05, 0.1) is 13.1 Å². The molecular weight excluding hydrogens is 426 g/mol. The van der Waals surface area contributed by atoms with Crippen LogP contribution in [0.5, 0.6) is 5.88 Å². The maximum absolute atomic E-state index is 14.9. The Labute approximate surface area is 165 Å². The summed E-state index contributed by atoms with van der Waals surface area (Å²) in [5.74, 6) is -2.26. The summed E-state index contributed by atoms with van der Waals surface area (Å²) >= 11 is 11.9. The SMILES string of the molecule is CC(=O)[N+]1(n2c(-c3nn(C)c(OC(F)F)c3Cl)c(F)cc(Cl)c2=O)C=CN=C1.